The van der Waals surface area contributed by atoms with E-state index in [-0.39, 0.29) is 0 Å². The van der Waals surface area contributed by atoms with Crippen LogP contribution in [0.15, 0.2) is 53.0 Å². The minimum atomic E-state index is 0.709. The number of hydrogen-bond donors (Lipinski definition) is 0. The molecule has 0 amide bonds. The third kappa shape index (κ3) is 3.67. The molecule has 4 rings (SSSR count). The van der Waals surface area contributed by atoms with Crippen molar-refractivity contribution in [3.63, 3.8) is 0 Å². The number of hydrogen-bond acceptors (Lipinski definition) is 2. The van der Waals surface area contributed by atoms with Gasteiger partial charge in [-0.05, 0) is 83.7 Å². The highest BCUT2D eigenvalue weighted by atomic mass is 79.9. The van der Waals surface area contributed by atoms with Gasteiger partial charge < -0.3 is 4.74 Å². The van der Waals surface area contributed by atoms with E-state index in [1.165, 1.54) is 16.7 Å². The molecule has 0 N–H and O–H groups in total. The number of aryl methyl sites for hydroxylation is 3. The predicted octanol–water partition coefficient (Wildman–Crippen LogP) is 6.94. The average Bonchev–Trinajstić information content (AvgIpc) is 3.05. The molecule has 4 aromatic rings. The zero-order valence-electron chi connectivity index (χ0n) is 16.9. The van der Waals surface area contributed by atoms with Gasteiger partial charge in [-0.15, -0.1) is 0 Å². The van der Waals surface area contributed by atoms with E-state index in [0.29, 0.717) is 5.02 Å². The Bertz CT molecular complexity index is 1230. The zero-order chi connectivity index (χ0) is 20.7. The number of methoxy groups -OCH3 is 1. The third-order valence-electron chi connectivity index (χ3n) is 5.35. The minimum Gasteiger partial charge on any atom is -0.497 e. The van der Waals surface area contributed by atoms with Gasteiger partial charge >= 0.3 is 0 Å². The first-order valence-corrected chi connectivity index (χ1v) is 10.6. The first-order chi connectivity index (χ1) is 13.9. The zero-order valence-corrected chi connectivity index (χ0v) is 19.2. The SMILES string of the molecule is COc1ccc(Cc2c(-c3cccc(Cl)c3)nc3cc(C)c(Br)c(C)n23)c(C)c1. The number of ether oxygens (including phenoxy) is 1. The Morgan fingerprint density at radius 3 is 2.52 bits per heavy atom. The number of benzene rings is 2. The van der Waals surface area contributed by atoms with Crippen LogP contribution in [0.3, 0.4) is 0 Å². The normalized spacial score (nSPS) is 11.2. The Kier molecular flexibility index (Phi) is 5.41. The summed E-state index contributed by atoms with van der Waals surface area (Å²) in [4.78, 5) is 5.01. The number of fused-ring (bicyclic) bond motifs is 1. The van der Waals surface area contributed by atoms with Crippen LogP contribution < -0.4 is 4.74 Å². The molecule has 2 aromatic carbocycles. The second kappa shape index (κ2) is 7.85. The minimum absolute atomic E-state index is 0.709. The standard InChI is InChI=1S/C24H22BrClN2O/c1-14-10-20(29-4)9-8-17(14)13-21-24(18-6-5-7-19(26)12-18)27-22-11-15(2)23(25)16(3)28(21)22/h5-12H,13H2,1-4H3. The molecule has 0 fully saturated rings. The largest absolute Gasteiger partial charge is 0.497 e. The number of aromatic nitrogens is 2. The number of nitrogens with zero attached hydrogens (tertiary/aromatic N) is 2. The van der Waals surface area contributed by atoms with Crippen molar-refractivity contribution < 1.29 is 4.74 Å². The number of pyridine rings is 1. The molecule has 148 valence electrons. The molecule has 0 spiro atoms. The lowest BCUT2D eigenvalue weighted by molar-refractivity contribution is 0.414. The molecule has 2 heterocycles. The molecule has 0 unspecified atom stereocenters. The molecule has 2 aromatic heterocycles. The fraction of sp³-hybridized carbons (Fsp3) is 0.208. The fourth-order valence-electron chi connectivity index (χ4n) is 3.79. The number of imidazole rings is 1. The summed E-state index contributed by atoms with van der Waals surface area (Å²) in [7, 11) is 1.69. The maximum atomic E-state index is 6.29. The summed E-state index contributed by atoms with van der Waals surface area (Å²) >= 11 is 10.0. The summed E-state index contributed by atoms with van der Waals surface area (Å²) in [5, 5.41) is 0.709. The summed E-state index contributed by atoms with van der Waals surface area (Å²) in [6.07, 6.45) is 0.759. The highest BCUT2D eigenvalue weighted by Crippen LogP contribution is 2.33. The maximum absolute atomic E-state index is 6.29. The Labute approximate surface area is 184 Å². The molecule has 5 heteroatoms. The highest BCUT2D eigenvalue weighted by Gasteiger charge is 2.19. The summed E-state index contributed by atoms with van der Waals surface area (Å²) < 4.78 is 8.72. The smallest absolute Gasteiger partial charge is 0.138 e. The lowest BCUT2D eigenvalue weighted by Gasteiger charge is -2.13. The van der Waals surface area contributed by atoms with Crippen molar-refractivity contribution in [2.24, 2.45) is 0 Å². The second-order valence-corrected chi connectivity index (χ2v) is 8.54. The summed E-state index contributed by atoms with van der Waals surface area (Å²) in [6, 6.07) is 16.2. The fourth-order valence-corrected chi connectivity index (χ4v) is 4.27. The van der Waals surface area contributed by atoms with Gasteiger partial charge in [0.1, 0.15) is 11.4 Å². The van der Waals surface area contributed by atoms with E-state index >= 15 is 0 Å². The molecular formula is C24H22BrClN2O. The van der Waals surface area contributed by atoms with Gasteiger partial charge in [0.25, 0.3) is 0 Å². The van der Waals surface area contributed by atoms with Gasteiger partial charge in [0.2, 0.25) is 0 Å². The van der Waals surface area contributed by atoms with E-state index in [0.717, 1.165) is 44.9 Å². The van der Waals surface area contributed by atoms with Crippen molar-refractivity contribution in [1.29, 1.82) is 0 Å². The number of rotatable bonds is 4. The molecule has 0 aliphatic heterocycles. The van der Waals surface area contributed by atoms with Crippen LogP contribution in [0.25, 0.3) is 16.9 Å². The van der Waals surface area contributed by atoms with Gasteiger partial charge in [0, 0.05) is 27.2 Å². The van der Waals surface area contributed by atoms with E-state index in [1.54, 1.807) is 7.11 Å². The lowest BCUT2D eigenvalue weighted by atomic mass is 10.0. The van der Waals surface area contributed by atoms with Crippen LogP contribution in [0, 0.1) is 20.8 Å². The van der Waals surface area contributed by atoms with Crippen molar-refractivity contribution in [2.75, 3.05) is 7.11 Å². The third-order valence-corrected chi connectivity index (χ3v) is 6.78. The molecule has 3 nitrogen and oxygen atoms in total. The molecule has 0 aliphatic carbocycles. The van der Waals surface area contributed by atoms with Crippen LogP contribution in [0.1, 0.15) is 28.1 Å². The summed E-state index contributed by atoms with van der Waals surface area (Å²) in [5.41, 5.74) is 8.82. The summed E-state index contributed by atoms with van der Waals surface area (Å²) in [6.45, 7) is 6.34. The van der Waals surface area contributed by atoms with Crippen molar-refractivity contribution in [3.05, 3.63) is 86.1 Å². The van der Waals surface area contributed by atoms with E-state index in [4.69, 9.17) is 21.3 Å². The van der Waals surface area contributed by atoms with E-state index in [1.807, 2.05) is 24.3 Å². The highest BCUT2D eigenvalue weighted by molar-refractivity contribution is 9.10. The molecule has 29 heavy (non-hydrogen) atoms. The van der Waals surface area contributed by atoms with Crippen molar-refractivity contribution in [2.45, 2.75) is 27.2 Å². The molecule has 0 atom stereocenters. The molecule has 0 saturated carbocycles. The Hall–Kier alpha value is -2.30. The van der Waals surface area contributed by atoms with Crippen molar-refractivity contribution in [3.8, 4) is 17.0 Å². The predicted molar refractivity (Wildman–Crippen MR) is 123 cm³/mol. The van der Waals surface area contributed by atoms with E-state index in [2.05, 4.69) is 65.4 Å². The number of halogens is 2. The van der Waals surface area contributed by atoms with Crippen molar-refractivity contribution >= 4 is 33.2 Å². The van der Waals surface area contributed by atoms with Crippen LogP contribution >= 0.6 is 27.5 Å². The Morgan fingerprint density at radius 1 is 1.03 bits per heavy atom. The van der Waals surface area contributed by atoms with Gasteiger partial charge in [-0.2, -0.15) is 0 Å². The topological polar surface area (TPSA) is 26.5 Å². The van der Waals surface area contributed by atoms with Gasteiger partial charge in [0.05, 0.1) is 18.5 Å². The van der Waals surface area contributed by atoms with Gasteiger partial charge in [-0.3, -0.25) is 4.40 Å². The molecule has 0 saturated heterocycles. The van der Waals surface area contributed by atoms with E-state index in [9.17, 15) is 0 Å². The average molecular weight is 470 g/mol. The lowest BCUT2D eigenvalue weighted by Crippen LogP contribution is -2.03. The van der Waals surface area contributed by atoms with Gasteiger partial charge in [-0.25, -0.2) is 4.98 Å². The first-order valence-electron chi connectivity index (χ1n) is 9.45. The second-order valence-electron chi connectivity index (χ2n) is 7.31. The molecule has 0 aliphatic rings. The Morgan fingerprint density at radius 2 is 1.83 bits per heavy atom. The van der Waals surface area contributed by atoms with E-state index < -0.39 is 0 Å². The quantitative estimate of drug-likeness (QED) is 0.323. The Balaban J connectivity index is 1.97. The molecule has 0 radical (unpaired) electrons. The monoisotopic (exact) mass is 468 g/mol. The van der Waals surface area contributed by atoms with Crippen molar-refractivity contribution in [1.82, 2.24) is 9.38 Å². The van der Waals surface area contributed by atoms with Crippen LogP contribution in [0.4, 0.5) is 0 Å². The summed E-state index contributed by atoms with van der Waals surface area (Å²) in [5.74, 6) is 0.869. The maximum Gasteiger partial charge on any atom is 0.138 e. The van der Waals surface area contributed by atoms with Crippen LogP contribution in [-0.2, 0) is 6.42 Å². The van der Waals surface area contributed by atoms with Gasteiger partial charge in [-0.1, -0.05) is 29.8 Å². The van der Waals surface area contributed by atoms with Gasteiger partial charge in [0.15, 0.2) is 0 Å². The van der Waals surface area contributed by atoms with Crippen LogP contribution in [0.2, 0.25) is 5.02 Å². The van der Waals surface area contributed by atoms with Crippen LogP contribution in [0.5, 0.6) is 5.75 Å². The molecular weight excluding hydrogens is 448 g/mol. The van der Waals surface area contributed by atoms with Crippen LogP contribution in [-0.4, -0.2) is 16.5 Å². The molecule has 0 bridgehead atoms. The first kappa shape index (κ1) is 20.0.